The first kappa shape index (κ1) is 59.8. The molecule has 1 aliphatic carbocycles. The molecule has 0 amide bonds. The highest BCUT2D eigenvalue weighted by molar-refractivity contribution is 7.47. The summed E-state index contributed by atoms with van der Waals surface area (Å²) in [6, 6.07) is 0. The summed E-state index contributed by atoms with van der Waals surface area (Å²) in [4.78, 5) is 23.2. The average Bonchev–Trinajstić information content (AvgIpc) is 3.28. The van der Waals surface area contributed by atoms with Gasteiger partial charge in [0.15, 0.2) is 0 Å². The highest BCUT2D eigenvalue weighted by Crippen LogP contribution is 2.47. The molecule has 0 aromatic carbocycles. The van der Waals surface area contributed by atoms with Crippen LogP contribution in [-0.2, 0) is 27.9 Å². The van der Waals surface area contributed by atoms with E-state index in [0.29, 0.717) is 13.0 Å². The lowest BCUT2D eigenvalue weighted by molar-refractivity contribution is -0.220. The molecule has 8 atom stereocenters. The summed E-state index contributed by atoms with van der Waals surface area (Å²) in [7, 11) is -5.04. The lowest BCUT2D eigenvalue weighted by atomic mass is 9.85. The third-order valence-corrected chi connectivity index (χ3v) is 12.1. The number of allylic oxidation sites excluding steroid dienone is 12. The molecule has 1 rings (SSSR count). The van der Waals surface area contributed by atoms with E-state index in [1.54, 1.807) is 0 Å². The van der Waals surface area contributed by atoms with E-state index in [2.05, 4.69) is 74.6 Å². The maximum atomic E-state index is 12.8. The molecule has 6 unspecified atom stereocenters. The van der Waals surface area contributed by atoms with Crippen molar-refractivity contribution in [3.05, 3.63) is 72.9 Å². The van der Waals surface area contributed by atoms with Crippen molar-refractivity contribution in [2.24, 2.45) is 0 Å². The molecule has 0 spiro atoms. The van der Waals surface area contributed by atoms with Gasteiger partial charge in [-0.15, -0.1) is 0 Å². The number of phosphoric acid groups is 1. The van der Waals surface area contributed by atoms with Gasteiger partial charge in [0, 0.05) is 13.0 Å². The van der Waals surface area contributed by atoms with Crippen LogP contribution >= 0.6 is 7.82 Å². The van der Waals surface area contributed by atoms with Crippen LogP contribution in [0.15, 0.2) is 72.9 Å². The molecule has 12 nitrogen and oxygen atoms in total. The van der Waals surface area contributed by atoms with Crippen LogP contribution in [0.4, 0.5) is 0 Å². The fourth-order valence-corrected chi connectivity index (χ4v) is 8.18. The lowest BCUT2D eigenvalue weighted by Gasteiger charge is -2.41. The van der Waals surface area contributed by atoms with Crippen molar-refractivity contribution in [1.82, 2.24) is 0 Å². The molecule has 1 aliphatic rings. The first-order valence-electron chi connectivity index (χ1n) is 24.8. The van der Waals surface area contributed by atoms with Crippen LogP contribution in [-0.4, -0.2) is 98.9 Å². The Labute approximate surface area is 387 Å². The molecular weight excluding hydrogens is 836 g/mol. The number of hydrogen-bond donors (Lipinski definition) is 6. The Balaban J connectivity index is 2.42. The zero-order valence-electron chi connectivity index (χ0n) is 39.6. The van der Waals surface area contributed by atoms with Gasteiger partial charge in [0.2, 0.25) is 0 Å². The van der Waals surface area contributed by atoms with Gasteiger partial charge in [-0.1, -0.05) is 196 Å². The summed E-state index contributed by atoms with van der Waals surface area (Å²) >= 11 is 0. The number of carbonyl (C=O) groups excluding carboxylic acids is 1. The summed E-state index contributed by atoms with van der Waals surface area (Å²) in [6.07, 6.45) is 41.3. The summed E-state index contributed by atoms with van der Waals surface area (Å²) < 4.78 is 34.2. The largest absolute Gasteiger partial charge is 0.472 e. The van der Waals surface area contributed by atoms with Gasteiger partial charge < -0.3 is 39.9 Å². The molecule has 0 aliphatic heterocycles. The number of rotatable bonds is 41. The maximum absolute atomic E-state index is 12.8. The molecule has 0 aromatic heterocycles. The Hall–Kier alpha value is -2.22. The molecule has 0 bridgehead atoms. The lowest BCUT2D eigenvalue weighted by Crippen LogP contribution is -2.64. The van der Waals surface area contributed by atoms with Crippen molar-refractivity contribution in [3.63, 3.8) is 0 Å². The van der Waals surface area contributed by atoms with E-state index >= 15 is 0 Å². The maximum Gasteiger partial charge on any atom is 0.472 e. The van der Waals surface area contributed by atoms with Crippen LogP contribution in [0.25, 0.3) is 0 Å². The van der Waals surface area contributed by atoms with Crippen molar-refractivity contribution < 1.29 is 58.3 Å². The van der Waals surface area contributed by atoms with Gasteiger partial charge in [-0.05, 0) is 51.4 Å². The Morgan fingerprint density at radius 3 is 1.31 bits per heavy atom. The van der Waals surface area contributed by atoms with Crippen molar-refractivity contribution >= 4 is 13.8 Å². The Morgan fingerprint density at radius 2 is 0.891 bits per heavy atom. The number of hydrogen-bond acceptors (Lipinski definition) is 11. The van der Waals surface area contributed by atoms with Crippen molar-refractivity contribution in [2.75, 3.05) is 19.8 Å². The molecule has 0 aromatic rings. The Morgan fingerprint density at radius 1 is 0.516 bits per heavy atom. The average molecular weight is 925 g/mol. The molecular formula is C51H89O12P. The molecule has 0 heterocycles. The normalized spacial score (nSPS) is 22.3. The molecule has 1 saturated carbocycles. The Bertz CT molecular complexity index is 1330. The number of aliphatic hydroxyl groups excluding tert-OH is 5. The molecule has 0 radical (unpaired) electrons. The SMILES string of the molecule is CC/C=C\C/C=C\C/C=C\C/C=C\C/C=C\C/C=C\CCC(=O)O[C@H](COCCCCCCCCCCCCCCCCCCCC)COP(=O)(O)OC1C(O)C(O)C(O)[C@@H](O)C1O. The van der Waals surface area contributed by atoms with E-state index < -0.39 is 63.1 Å². The van der Waals surface area contributed by atoms with Gasteiger partial charge in [0.1, 0.15) is 42.7 Å². The molecule has 370 valence electrons. The minimum Gasteiger partial charge on any atom is -0.457 e. The molecule has 6 N–H and O–H groups in total. The smallest absolute Gasteiger partial charge is 0.457 e. The molecule has 0 saturated heterocycles. The first-order valence-corrected chi connectivity index (χ1v) is 26.3. The fourth-order valence-electron chi connectivity index (χ4n) is 7.21. The standard InChI is InChI=1S/C51H89O12P/c1-3-5-7-9-11-13-15-17-19-21-23-24-26-28-30-32-34-36-38-40-45(52)62-44(43-61-64(58,59)63-51-49(56)47(54)46(53)48(55)50(51)57)42-60-41-39-37-35-33-31-29-27-25-22-20-18-16-14-12-10-8-6-4-2/h5,7,11,13,17,19,23-24,28,30,34,36,44,46-51,53-57H,3-4,6,8-10,12,14-16,18,20-22,25-27,29,31-33,35,37-43H2,1-2H3,(H,58,59)/b7-5-,13-11-,19-17-,24-23-,30-28-,36-34-/t44-,46?,47-,48?,49?,50?,51?/m1/s1. The number of unbranched alkanes of at least 4 members (excludes halogenated alkanes) is 17. The third kappa shape index (κ3) is 32.5. The summed E-state index contributed by atoms with van der Waals surface area (Å²) in [5, 5.41) is 50.2. The fraction of sp³-hybridized carbons (Fsp3) is 0.745. The van der Waals surface area contributed by atoms with Crippen molar-refractivity contribution in [1.29, 1.82) is 0 Å². The predicted molar refractivity (Wildman–Crippen MR) is 258 cm³/mol. The summed E-state index contributed by atoms with van der Waals surface area (Å²) in [5.41, 5.74) is 0. The Kier molecular flexibility index (Phi) is 38.3. The number of ether oxygens (including phenoxy) is 2. The van der Waals surface area contributed by atoms with Gasteiger partial charge in [-0.3, -0.25) is 13.8 Å². The van der Waals surface area contributed by atoms with E-state index in [1.807, 2.05) is 12.2 Å². The quantitative estimate of drug-likeness (QED) is 0.0147. The number of phosphoric ester groups is 1. The summed E-state index contributed by atoms with van der Waals surface area (Å²) in [6.45, 7) is 4.08. The van der Waals surface area contributed by atoms with Crippen LogP contribution in [0.2, 0.25) is 0 Å². The molecule has 64 heavy (non-hydrogen) atoms. The minimum atomic E-state index is -5.04. The second kappa shape index (κ2) is 41.0. The van der Waals surface area contributed by atoms with Crippen molar-refractivity contribution in [2.45, 2.75) is 224 Å². The number of carbonyl (C=O) groups is 1. The number of aliphatic hydroxyl groups is 5. The van der Waals surface area contributed by atoms with Gasteiger partial charge in [0.05, 0.1) is 13.2 Å². The minimum absolute atomic E-state index is 0.0593. The van der Waals surface area contributed by atoms with Crippen LogP contribution in [0.1, 0.15) is 181 Å². The van der Waals surface area contributed by atoms with E-state index in [0.717, 1.165) is 57.8 Å². The van der Waals surface area contributed by atoms with E-state index in [4.69, 9.17) is 18.5 Å². The van der Waals surface area contributed by atoms with Crippen LogP contribution in [0, 0.1) is 0 Å². The van der Waals surface area contributed by atoms with E-state index in [9.17, 15) is 39.8 Å². The topological polar surface area (TPSA) is 192 Å². The van der Waals surface area contributed by atoms with Gasteiger partial charge >= 0.3 is 13.8 Å². The first-order chi connectivity index (χ1) is 31.0. The van der Waals surface area contributed by atoms with Gasteiger partial charge in [0.25, 0.3) is 0 Å². The third-order valence-electron chi connectivity index (χ3n) is 11.1. The zero-order valence-corrected chi connectivity index (χ0v) is 40.5. The van der Waals surface area contributed by atoms with Crippen LogP contribution in [0.3, 0.4) is 0 Å². The highest BCUT2D eigenvalue weighted by Gasteiger charge is 2.51. The van der Waals surface area contributed by atoms with Gasteiger partial charge in [-0.25, -0.2) is 4.57 Å². The predicted octanol–water partition coefficient (Wildman–Crippen LogP) is 10.8. The molecule has 1 fully saturated rings. The summed E-state index contributed by atoms with van der Waals surface area (Å²) in [5.74, 6) is -0.558. The monoisotopic (exact) mass is 925 g/mol. The second-order valence-electron chi connectivity index (χ2n) is 16.9. The van der Waals surface area contributed by atoms with E-state index in [1.165, 1.54) is 96.3 Å². The molecule has 13 heteroatoms. The van der Waals surface area contributed by atoms with Crippen LogP contribution in [0.5, 0.6) is 0 Å². The van der Waals surface area contributed by atoms with Gasteiger partial charge in [-0.2, -0.15) is 0 Å². The number of esters is 1. The van der Waals surface area contributed by atoms with Crippen molar-refractivity contribution in [3.8, 4) is 0 Å². The highest BCUT2D eigenvalue weighted by atomic mass is 31.2. The van der Waals surface area contributed by atoms with E-state index in [-0.39, 0.29) is 13.0 Å². The second-order valence-corrected chi connectivity index (χ2v) is 18.3. The zero-order chi connectivity index (χ0) is 46.9. The van der Waals surface area contributed by atoms with Crippen LogP contribution < -0.4 is 0 Å².